The first kappa shape index (κ1) is 43.3. The van der Waals surface area contributed by atoms with E-state index in [0.29, 0.717) is 51.5 Å². The van der Waals surface area contributed by atoms with E-state index in [1.165, 1.54) is 52.1 Å². The molecule has 10 rings (SSSR count). The zero-order chi connectivity index (χ0) is 46.6. The second-order valence-corrected chi connectivity index (χ2v) is 17.8. The number of para-hydroxylation sites is 4. The lowest BCUT2D eigenvalue weighted by atomic mass is 10.1. The third-order valence-corrected chi connectivity index (χ3v) is 11.8. The number of fused-ring (bicyclic) bond motifs is 6. The minimum atomic E-state index is -3.62. The molecule has 6 heterocycles. The number of aromatic amines is 2. The van der Waals surface area contributed by atoms with E-state index >= 15 is 0 Å². The number of sulfone groups is 1. The summed E-state index contributed by atoms with van der Waals surface area (Å²) < 4.78 is 71.1. The number of rotatable bonds is 10. The van der Waals surface area contributed by atoms with Gasteiger partial charge in [-0.15, -0.1) is 11.8 Å². The fourth-order valence-electron chi connectivity index (χ4n) is 7.75. The molecule has 0 aliphatic carbocycles. The molecule has 0 bridgehead atoms. The molecule has 18 nitrogen and oxygen atoms in total. The molecule has 0 fully saturated rings. The summed E-state index contributed by atoms with van der Waals surface area (Å²) >= 11 is 1.44. The Morgan fingerprint density at radius 2 is 1.03 bits per heavy atom. The third-order valence-electron chi connectivity index (χ3n) is 10.6. The molecule has 0 saturated heterocycles. The molecular weight excluding hydrogens is 899 g/mol. The predicted octanol–water partition coefficient (Wildman–Crippen LogP) is 5.21. The summed E-state index contributed by atoms with van der Waals surface area (Å²) in [7, 11) is -0.546. The van der Waals surface area contributed by atoms with Gasteiger partial charge >= 0.3 is 11.4 Å². The van der Waals surface area contributed by atoms with Crippen molar-refractivity contribution in [2.45, 2.75) is 11.8 Å². The number of aromatic nitrogens is 10. The predicted molar refractivity (Wildman–Crippen MR) is 246 cm³/mol. The van der Waals surface area contributed by atoms with Crippen LogP contribution in [0.4, 0.5) is 8.78 Å². The standard InChI is InChI=1S/C22H18FN5O5S.C22H18FN5O3S/c1-33-17-6-4-3-5-15(17)28-16(13-7-9-14(23)10-8-13)11-26-18-19(24-21(26)28)27(12-34(2,31)32)22(30)25-20(18)29;1-31-17-6-4-3-5-15(17)28-16(13-7-9-14(23)10-8-13)11-26-18-19(24-21(26)28)27(12-32-2)22(30)25-20(18)29/h3-11H,12H2,1-2H3,(H,25,29,30);3-11H,12H2,1-2H3,(H,25,29,30). The lowest BCUT2D eigenvalue weighted by Gasteiger charge is -2.13. The molecule has 0 radical (unpaired) electrons. The van der Waals surface area contributed by atoms with Gasteiger partial charge in [-0.2, -0.15) is 9.97 Å². The molecule has 22 heteroatoms. The highest BCUT2D eigenvalue weighted by Crippen LogP contribution is 2.35. The molecule has 10 aromatic rings. The van der Waals surface area contributed by atoms with Crippen LogP contribution < -0.4 is 32.0 Å². The highest BCUT2D eigenvalue weighted by molar-refractivity contribution is 7.97. The summed E-state index contributed by atoms with van der Waals surface area (Å²) in [5.74, 6) is 0.680. The average Bonchev–Trinajstić information content (AvgIpc) is 4.05. The molecule has 4 aromatic carbocycles. The first-order valence-corrected chi connectivity index (χ1v) is 23.1. The Morgan fingerprint density at radius 1 is 0.621 bits per heavy atom. The van der Waals surface area contributed by atoms with Crippen molar-refractivity contribution in [2.75, 3.05) is 26.7 Å². The van der Waals surface area contributed by atoms with Crippen LogP contribution in [0.1, 0.15) is 0 Å². The van der Waals surface area contributed by atoms with Crippen LogP contribution in [-0.2, 0) is 21.6 Å². The number of imidazole rings is 4. The van der Waals surface area contributed by atoms with Gasteiger partial charge in [0, 0.05) is 29.8 Å². The highest BCUT2D eigenvalue weighted by Gasteiger charge is 2.25. The monoisotopic (exact) mass is 934 g/mol. The van der Waals surface area contributed by atoms with Crippen LogP contribution in [0.15, 0.2) is 129 Å². The van der Waals surface area contributed by atoms with Crippen molar-refractivity contribution in [1.82, 2.24) is 47.0 Å². The molecule has 0 amide bonds. The number of hydrogen-bond acceptors (Lipinski definition) is 11. The number of nitrogens with one attached hydrogen (secondary N) is 2. The number of H-pyrrole nitrogens is 2. The Kier molecular flexibility index (Phi) is 11.1. The van der Waals surface area contributed by atoms with E-state index in [1.54, 1.807) is 77.0 Å². The number of thioether (sulfide) groups is 1. The van der Waals surface area contributed by atoms with Crippen LogP contribution in [0.5, 0.6) is 11.5 Å². The van der Waals surface area contributed by atoms with Crippen molar-refractivity contribution < 1.29 is 26.7 Å². The molecule has 336 valence electrons. The van der Waals surface area contributed by atoms with Gasteiger partial charge in [0.1, 0.15) is 29.0 Å². The molecule has 0 saturated carbocycles. The highest BCUT2D eigenvalue weighted by atomic mass is 32.2. The van der Waals surface area contributed by atoms with Gasteiger partial charge in [0.15, 0.2) is 32.2 Å². The van der Waals surface area contributed by atoms with Crippen molar-refractivity contribution in [3.8, 4) is 45.4 Å². The van der Waals surface area contributed by atoms with Gasteiger partial charge in [-0.05, 0) is 79.1 Å². The maximum Gasteiger partial charge on any atom is 0.331 e. The normalized spacial score (nSPS) is 11.7. The van der Waals surface area contributed by atoms with Gasteiger partial charge in [0.2, 0.25) is 11.6 Å². The van der Waals surface area contributed by atoms with E-state index < -0.39 is 44.0 Å². The van der Waals surface area contributed by atoms with Crippen molar-refractivity contribution in [2.24, 2.45) is 0 Å². The SMILES string of the molecule is COc1ccccc1-n1c(-c2ccc(F)cc2)cn2c3c(=O)[nH]c(=O)n(CS(C)(=O)=O)c3nc12.COc1ccccc1-n1c(-c2ccc(F)cc2)cn2c3c(=O)[nH]c(=O)n(CSC)c3nc12. The van der Waals surface area contributed by atoms with Gasteiger partial charge in [-0.25, -0.2) is 26.8 Å². The average molecular weight is 935 g/mol. The van der Waals surface area contributed by atoms with Crippen LogP contribution in [0, 0.1) is 11.6 Å². The van der Waals surface area contributed by atoms with Gasteiger partial charge in [0.25, 0.3) is 11.1 Å². The van der Waals surface area contributed by atoms with Crippen LogP contribution in [0.3, 0.4) is 0 Å². The second kappa shape index (κ2) is 16.9. The number of nitrogens with zero attached hydrogens (tertiary/aromatic N) is 8. The van der Waals surface area contributed by atoms with Gasteiger partial charge in [-0.3, -0.25) is 46.6 Å². The quantitative estimate of drug-likeness (QED) is 0.182. The number of ether oxygens (including phenoxy) is 2. The van der Waals surface area contributed by atoms with Crippen molar-refractivity contribution in [3.63, 3.8) is 0 Å². The molecule has 6 aromatic heterocycles. The van der Waals surface area contributed by atoms with Gasteiger partial charge < -0.3 is 9.47 Å². The maximum absolute atomic E-state index is 13.6. The van der Waals surface area contributed by atoms with E-state index in [4.69, 9.17) is 14.5 Å². The zero-order valence-corrected chi connectivity index (χ0v) is 36.9. The van der Waals surface area contributed by atoms with E-state index in [0.717, 1.165) is 16.4 Å². The number of benzene rings is 4. The Balaban J connectivity index is 0.000000166. The maximum atomic E-state index is 13.6. The van der Waals surface area contributed by atoms with Crippen molar-refractivity contribution >= 4 is 55.5 Å². The molecule has 2 N–H and O–H groups in total. The van der Waals surface area contributed by atoms with Crippen LogP contribution in [0.25, 0.3) is 67.8 Å². The summed E-state index contributed by atoms with van der Waals surface area (Å²) in [5.41, 5.74) is 1.68. The van der Waals surface area contributed by atoms with Crippen LogP contribution in [0.2, 0.25) is 0 Å². The second-order valence-electron chi connectivity index (χ2n) is 14.8. The van der Waals surface area contributed by atoms with E-state index in [-0.39, 0.29) is 33.9 Å². The molecule has 0 unspecified atom stereocenters. The van der Waals surface area contributed by atoms with E-state index in [2.05, 4.69) is 15.0 Å². The van der Waals surface area contributed by atoms with Crippen LogP contribution >= 0.6 is 11.8 Å². The Bertz CT molecular complexity index is 3880. The van der Waals surface area contributed by atoms with Crippen molar-refractivity contribution in [1.29, 1.82) is 0 Å². The zero-order valence-electron chi connectivity index (χ0n) is 35.2. The summed E-state index contributed by atoms with van der Waals surface area (Å²) in [6.45, 7) is 0. The number of halogens is 2. The van der Waals surface area contributed by atoms with E-state index in [1.807, 2.05) is 35.1 Å². The number of methoxy groups -OCH3 is 2. The first-order valence-electron chi connectivity index (χ1n) is 19.7. The largest absolute Gasteiger partial charge is 0.495 e. The Morgan fingerprint density at radius 3 is 1.44 bits per heavy atom. The topological polar surface area (TPSA) is 207 Å². The Labute approximate surface area is 374 Å². The smallest absolute Gasteiger partial charge is 0.331 e. The Hall–Kier alpha value is -7.98. The summed E-state index contributed by atoms with van der Waals surface area (Å²) in [6.07, 6.45) is 6.22. The molecule has 0 aliphatic rings. The van der Waals surface area contributed by atoms with Crippen LogP contribution in [-0.4, -0.2) is 82.2 Å². The fourth-order valence-corrected chi connectivity index (χ4v) is 8.95. The molecule has 0 atom stereocenters. The molecular formula is C44H36F2N10O8S2. The fraction of sp³-hybridized carbons (Fsp3) is 0.136. The lowest BCUT2D eigenvalue weighted by molar-refractivity contribution is 0.413. The van der Waals surface area contributed by atoms with E-state index in [9.17, 15) is 36.4 Å². The minimum absolute atomic E-state index is 0.00439. The molecule has 0 spiro atoms. The van der Waals surface area contributed by atoms with Gasteiger partial charge in [0.05, 0.1) is 42.9 Å². The van der Waals surface area contributed by atoms with Crippen molar-refractivity contribution in [3.05, 3.63) is 163 Å². The first-order chi connectivity index (χ1) is 31.7. The molecule has 0 aliphatic heterocycles. The third kappa shape index (κ3) is 7.54. The lowest BCUT2D eigenvalue weighted by Crippen LogP contribution is -2.32. The molecule has 66 heavy (non-hydrogen) atoms. The number of hydrogen-bond donors (Lipinski definition) is 2. The van der Waals surface area contributed by atoms with Gasteiger partial charge in [-0.1, -0.05) is 24.3 Å². The summed E-state index contributed by atoms with van der Waals surface area (Å²) in [4.78, 5) is 64.2. The summed E-state index contributed by atoms with van der Waals surface area (Å²) in [5, 5.41) is 0. The summed E-state index contributed by atoms with van der Waals surface area (Å²) in [6, 6.07) is 26.4. The minimum Gasteiger partial charge on any atom is -0.495 e.